The zero-order valence-corrected chi connectivity index (χ0v) is 7.85. The van der Waals surface area contributed by atoms with Crippen LogP contribution in [0.5, 0.6) is 0 Å². The molecule has 0 saturated heterocycles. The molecule has 0 saturated carbocycles. The van der Waals surface area contributed by atoms with Crippen LogP contribution in [0.4, 0.5) is 0 Å². The Morgan fingerprint density at radius 3 is 2.57 bits per heavy atom. The Balaban J connectivity index is 2.71. The smallest absolute Gasteiger partial charge is 0.0991 e. The van der Waals surface area contributed by atoms with Crippen LogP contribution >= 0.6 is 0 Å². The van der Waals surface area contributed by atoms with Gasteiger partial charge in [0.25, 0.3) is 0 Å². The van der Waals surface area contributed by atoms with Crippen molar-refractivity contribution in [1.82, 2.24) is 0 Å². The summed E-state index contributed by atoms with van der Waals surface area (Å²) in [6.07, 6.45) is 7.06. The SMILES string of the molecule is C=C/C(C#N)=C/C=C/c1ccccc1. The van der Waals surface area contributed by atoms with Crippen LogP contribution in [0.2, 0.25) is 0 Å². The van der Waals surface area contributed by atoms with E-state index in [4.69, 9.17) is 5.26 Å². The van der Waals surface area contributed by atoms with Gasteiger partial charge in [0.2, 0.25) is 0 Å². The molecular formula is C13H11N. The Morgan fingerprint density at radius 1 is 1.29 bits per heavy atom. The molecule has 0 heterocycles. The minimum atomic E-state index is 0.567. The quantitative estimate of drug-likeness (QED) is 0.518. The van der Waals surface area contributed by atoms with Crippen molar-refractivity contribution >= 4 is 6.08 Å². The van der Waals surface area contributed by atoms with Crippen LogP contribution in [0.3, 0.4) is 0 Å². The second-order valence-corrected chi connectivity index (χ2v) is 2.71. The van der Waals surface area contributed by atoms with Crippen LogP contribution in [0, 0.1) is 11.3 Å². The maximum absolute atomic E-state index is 8.60. The topological polar surface area (TPSA) is 23.8 Å². The fourth-order valence-electron chi connectivity index (χ4n) is 0.978. The number of allylic oxidation sites excluding steroid dienone is 4. The summed E-state index contributed by atoms with van der Waals surface area (Å²) < 4.78 is 0. The number of nitriles is 1. The van der Waals surface area contributed by atoms with E-state index in [9.17, 15) is 0 Å². The van der Waals surface area contributed by atoms with Crippen LogP contribution < -0.4 is 0 Å². The first-order chi connectivity index (χ1) is 6.86. The van der Waals surface area contributed by atoms with Gasteiger partial charge in [-0.05, 0) is 11.6 Å². The summed E-state index contributed by atoms with van der Waals surface area (Å²) in [5, 5.41) is 8.60. The van der Waals surface area contributed by atoms with Crippen molar-refractivity contribution in [3.8, 4) is 6.07 Å². The van der Waals surface area contributed by atoms with Gasteiger partial charge in [-0.2, -0.15) is 5.26 Å². The van der Waals surface area contributed by atoms with Crippen molar-refractivity contribution < 1.29 is 0 Å². The zero-order valence-electron chi connectivity index (χ0n) is 7.85. The predicted molar refractivity (Wildman–Crippen MR) is 59.4 cm³/mol. The normalized spacial score (nSPS) is 11.2. The Bertz CT molecular complexity index is 391. The molecule has 1 nitrogen and oxygen atoms in total. The van der Waals surface area contributed by atoms with Gasteiger partial charge in [0.15, 0.2) is 0 Å². The van der Waals surface area contributed by atoms with Gasteiger partial charge in [0, 0.05) is 0 Å². The van der Waals surface area contributed by atoms with E-state index in [2.05, 4.69) is 6.58 Å². The van der Waals surface area contributed by atoms with Gasteiger partial charge in [-0.3, -0.25) is 0 Å². The van der Waals surface area contributed by atoms with Crippen molar-refractivity contribution in [2.24, 2.45) is 0 Å². The monoisotopic (exact) mass is 181 g/mol. The minimum absolute atomic E-state index is 0.567. The van der Waals surface area contributed by atoms with Crippen molar-refractivity contribution in [1.29, 1.82) is 5.26 Å². The molecule has 0 atom stereocenters. The lowest BCUT2D eigenvalue weighted by Gasteiger charge is -1.88. The van der Waals surface area contributed by atoms with E-state index in [0.29, 0.717) is 5.57 Å². The summed E-state index contributed by atoms with van der Waals surface area (Å²) >= 11 is 0. The fourth-order valence-corrected chi connectivity index (χ4v) is 0.978. The highest BCUT2D eigenvalue weighted by Crippen LogP contribution is 2.02. The first-order valence-electron chi connectivity index (χ1n) is 4.33. The van der Waals surface area contributed by atoms with Gasteiger partial charge >= 0.3 is 0 Å². The molecule has 0 fully saturated rings. The standard InChI is InChI=1S/C13H11N/c1-2-12(11-14)9-6-10-13-7-4-3-5-8-13/h2-10H,1H2/b10-6+,12-9-. The third-order valence-electron chi connectivity index (χ3n) is 1.71. The number of hydrogen-bond acceptors (Lipinski definition) is 1. The Kier molecular flexibility index (Phi) is 3.97. The first-order valence-corrected chi connectivity index (χ1v) is 4.33. The third kappa shape index (κ3) is 3.12. The van der Waals surface area contributed by atoms with E-state index in [1.807, 2.05) is 48.6 Å². The summed E-state index contributed by atoms with van der Waals surface area (Å²) in [5.74, 6) is 0. The Hall–Kier alpha value is -2.07. The summed E-state index contributed by atoms with van der Waals surface area (Å²) in [5.41, 5.74) is 1.68. The van der Waals surface area contributed by atoms with Crippen molar-refractivity contribution in [2.75, 3.05) is 0 Å². The molecule has 1 heteroatoms. The molecule has 0 bridgehead atoms. The van der Waals surface area contributed by atoms with Gasteiger partial charge in [0.1, 0.15) is 0 Å². The van der Waals surface area contributed by atoms with E-state index in [0.717, 1.165) is 5.56 Å². The highest BCUT2D eigenvalue weighted by molar-refractivity contribution is 5.52. The molecule has 0 amide bonds. The first kappa shape index (κ1) is 10.0. The predicted octanol–water partition coefficient (Wildman–Crippen LogP) is 3.34. The Morgan fingerprint density at radius 2 is 2.00 bits per heavy atom. The number of rotatable bonds is 3. The molecule has 0 spiro atoms. The molecule has 0 aromatic heterocycles. The molecule has 14 heavy (non-hydrogen) atoms. The lowest BCUT2D eigenvalue weighted by atomic mass is 10.2. The van der Waals surface area contributed by atoms with Crippen molar-refractivity contribution in [3.05, 3.63) is 66.3 Å². The second-order valence-electron chi connectivity index (χ2n) is 2.71. The van der Waals surface area contributed by atoms with E-state index >= 15 is 0 Å². The van der Waals surface area contributed by atoms with Gasteiger partial charge in [-0.1, -0.05) is 55.1 Å². The summed E-state index contributed by atoms with van der Waals surface area (Å²) in [4.78, 5) is 0. The van der Waals surface area contributed by atoms with E-state index in [-0.39, 0.29) is 0 Å². The average molecular weight is 181 g/mol. The summed E-state index contributed by atoms with van der Waals surface area (Å²) in [7, 11) is 0. The second kappa shape index (κ2) is 5.55. The van der Waals surface area contributed by atoms with Crippen LogP contribution in [0.1, 0.15) is 5.56 Å². The summed E-state index contributed by atoms with van der Waals surface area (Å²) in [6.45, 7) is 3.53. The molecule has 0 unspecified atom stereocenters. The molecule has 0 aliphatic heterocycles. The highest BCUT2D eigenvalue weighted by Gasteiger charge is 1.83. The summed E-state index contributed by atoms with van der Waals surface area (Å²) in [6, 6.07) is 12.0. The highest BCUT2D eigenvalue weighted by atomic mass is 14.2. The van der Waals surface area contributed by atoms with Gasteiger partial charge in [-0.25, -0.2) is 0 Å². The van der Waals surface area contributed by atoms with Crippen LogP contribution in [0.25, 0.3) is 6.08 Å². The molecule has 0 aliphatic rings. The van der Waals surface area contributed by atoms with E-state index in [1.54, 1.807) is 6.08 Å². The zero-order chi connectivity index (χ0) is 10.2. The minimum Gasteiger partial charge on any atom is -0.192 e. The molecule has 0 N–H and O–H groups in total. The molecular weight excluding hydrogens is 170 g/mol. The average Bonchev–Trinajstić information content (AvgIpc) is 2.26. The van der Waals surface area contributed by atoms with Crippen molar-refractivity contribution in [3.63, 3.8) is 0 Å². The van der Waals surface area contributed by atoms with Crippen LogP contribution in [-0.4, -0.2) is 0 Å². The maximum Gasteiger partial charge on any atom is 0.0991 e. The molecule has 0 radical (unpaired) electrons. The van der Waals surface area contributed by atoms with E-state index in [1.165, 1.54) is 6.08 Å². The van der Waals surface area contributed by atoms with Crippen molar-refractivity contribution in [2.45, 2.75) is 0 Å². The largest absolute Gasteiger partial charge is 0.192 e. The molecule has 68 valence electrons. The van der Waals surface area contributed by atoms with E-state index < -0.39 is 0 Å². The lowest BCUT2D eigenvalue weighted by Crippen LogP contribution is -1.69. The third-order valence-corrected chi connectivity index (χ3v) is 1.71. The fraction of sp³-hybridized carbons (Fsp3) is 0. The Labute approximate surface area is 84.3 Å². The molecule has 1 rings (SSSR count). The molecule has 0 aliphatic carbocycles. The van der Waals surface area contributed by atoms with Crippen LogP contribution in [0.15, 0.2) is 60.7 Å². The van der Waals surface area contributed by atoms with Crippen LogP contribution in [-0.2, 0) is 0 Å². The maximum atomic E-state index is 8.60. The van der Waals surface area contributed by atoms with Gasteiger partial charge in [-0.15, -0.1) is 0 Å². The molecule has 1 aromatic carbocycles. The number of nitrogens with zero attached hydrogens (tertiary/aromatic N) is 1. The number of hydrogen-bond donors (Lipinski definition) is 0. The lowest BCUT2D eigenvalue weighted by molar-refractivity contribution is 1.50. The van der Waals surface area contributed by atoms with Gasteiger partial charge in [0.05, 0.1) is 11.6 Å². The number of benzene rings is 1. The molecule has 1 aromatic rings. The van der Waals surface area contributed by atoms with Gasteiger partial charge < -0.3 is 0 Å².